The minimum atomic E-state index is 0.0623. The number of rotatable bonds is 3. The van der Waals surface area contributed by atoms with Crippen LogP contribution >= 0.6 is 15.9 Å². The minimum absolute atomic E-state index is 0.0623. The van der Waals surface area contributed by atoms with Crippen LogP contribution in [-0.2, 0) is 4.79 Å². The summed E-state index contributed by atoms with van der Waals surface area (Å²) in [6, 6.07) is 0.400. The number of nitrogens with zero attached hydrogens (tertiary/aromatic N) is 3. The van der Waals surface area contributed by atoms with Crippen LogP contribution in [0.1, 0.15) is 26.7 Å². The van der Waals surface area contributed by atoms with Crippen molar-refractivity contribution in [2.45, 2.75) is 32.8 Å². The van der Waals surface area contributed by atoms with E-state index in [1.165, 1.54) is 0 Å². The Bertz CT molecular complexity index is 428. The number of likely N-dealkylation sites (tertiary alicyclic amines) is 1. The number of hydrogen-bond donors (Lipinski definition) is 0. The molecule has 0 saturated carbocycles. The van der Waals surface area contributed by atoms with Gasteiger partial charge in [0.25, 0.3) is 0 Å². The molecule has 0 aliphatic carbocycles. The summed E-state index contributed by atoms with van der Waals surface area (Å²) in [7, 11) is 0. The van der Waals surface area contributed by atoms with E-state index in [1.807, 2.05) is 18.7 Å². The molecule has 1 aromatic heterocycles. The maximum atomic E-state index is 11.9. The number of amides is 1. The third kappa shape index (κ3) is 3.89. The van der Waals surface area contributed by atoms with E-state index < -0.39 is 0 Å². The van der Waals surface area contributed by atoms with Gasteiger partial charge in [-0.2, -0.15) is 0 Å². The van der Waals surface area contributed by atoms with E-state index in [0.29, 0.717) is 6.01 Å². The topological polar surface area (TPSA) is 55.3 Å². The fraction of sp³-hybridized carbons (Fsp3) is 0.615. The lowest BCUT2D eigenvalue weighted by atomic mass is 10.1. The lowest BCUT2D eigenvalue weighted by molar-refractivity contribution is -0.136. The molecule has 5 nitrogen and oxygen atoms in total. The normalized spacial score (nSPS) is 16.7. The van der Waals surface area contributed by atoms with Crippen molar-refractivity contribution >= 4 is 21.8 Å². The third-order valence-electron chi connectivity index (χ3n) is 3.12. The molecule has 0 spiro atoms. The van der Waals surface area contributed by atoms with Gasteiger partial charge in [-0.1, -0.05) is 13.8 Å². The highest BCUT2D eigenvalue weighted by Gasteiger charge is 2.25. The first kappa shape index (κ1) is 14.2. The summed E-state index contributed by atoms with van der Waals surface area (Å²) >= 11 is 3.28. The Kier molecular flexibility index (Phi) is 4.74. The number of halogens is 1. The summed E-state index contributed by atoms with van der Waals surface area (Å²) in [6.07, 6.45) is 5.09. The molecule has 1 saturated heterocycles. The molecule has 1 aliphatic heterocycles. The first-order valence-electron chi connectivity index (χ1n) is 6.49. The molecule has 0 unspecified atom stereocenters. The van der Waals surface area contributed by atoms with Crippen molar-refractivity contribution in [1.82, 2.24) is 14.9 Å². The van der Waals surface area contributed by atoms with Crippen LogP contribution in [0.5, 0.6) is 6.01 Å². The highest BCUT2D eigenvalue weighted by Crippen LogP contribution is 2.18. The molecule has 2 rings (SSSR count). The van der Waals surface area contributed by atoms with Gasteiger partial charge in [0.1, 0.15) is 6.10 Å². The van der Waals surface area contributed by atoms with Crippen LogP contribution in [0.25, 0.3) is 0 Å². The van der Waals surface area contributed by atoms with Crippen LogP contribution in [-0.4, -0.2) is 40.0 Å². The van der Waals surface area contributed by atoms with Gasteiger partial charge in [0.15, 0.2) is 0 Å². The predicted molar refractivity (Wildman–Crippen MR) is 74.8 cm³/mol. The number of hydrogen-bond acceptors (Lipinski definition) is 4. The fourth-order valence-electron chi connectivity index (χ4n) is 2.07. The van der Waals surface area contributed by atoms with Crippen LogP contribution in [0, 0.1) is 5.92 Å². The second kappa shape index (κ2) is 6.32. The molecule has 6 heteroatoms. The number of aromatic nitrogens is 2. The van der Waals surface area contributed by atoms with Crippen LogP contribution in [0.15, 0.2) is 16.9 Å². The Morgan fingerprint density at radius 1 is 1.37 bits per heavy atom. The van der Waals surface area contributed by atoms with Crippen molar-refractivity contribution in [1.29, 1.82) is 0 Å². The summed E-state index contributed by atoms with van der Waals surface area (Å²) in [5.74, 6) is 0.283. The Labute approximate surface area is 121 Å². The van der Waals surface area contributed by atoms with Gasteiger partial charge in [0.05, 0.1) is 4.47 Å². The van der Waals surface area contributed by atoms with E-state index in [0.717, 1.165) is 30.4 Å². The molecule has 2 heterocycles. The minimum Gasteiger partial charge on any atom is -0.460 e. The Balaban J connectivity index is 1.83. The fourth-order valence-corrected chi connectivity index (χ4v) is 2.27. The molecular weight excluding hydrogens is 310 g/mol. The SMILES string of the molecule is CC(C)C(=O)N1CCC(Oc2ncc(Br)cn2)CC1. The van der Waals surface area contributed by atoms with Crippen molar-refractivity contribution in [2.24, 2.45) is 5.92 Å². The van der Waals surface area contributed by atoms with Gasteiger partial charge in [-0.05, 0) is 15.9 Å². The summed E-state index contributed by atoms with van der Waals surface area (Å²) < 4.78 is 6.55. The van der Waals surface area contributed by atoms with E-state index in [1.54, 1.807) is 12.4 Å². The van der Waals surface area contributed by atoms with E-state index >= 15 is 0 Å². The van der Waals surface area contributed by atoms with Crippen molar-refractivity contribution in [3.05, 3.63) is 16.9 Å². The van der Waals surface area contributed by atoms with Crippen molar-refractivity contribution in [3.63, 3.8) is 0 Å². The Morgan fingerprint density at radius 2 is 1.95 bits per heavy atom. The number of carbonyl (C=O) groups is 1. The smallest absolute Gasteiger partial charge is 0.316 e. The largest absolute Gasteiger partial charge is 0.460 e. The summed E-state index contributed by atoms with van der Waals surface area (Å²) in [4.78, 5) is 22.0. The molecule has 19 heavy (non-hydrogen) atoms. The first-order chi connectivity index (χ1) is 9.06. The van der Waals surface area contributed by atoms with Gasteiger partial charge in [-0.25, -0.2) is 9.97 Å². The second-order valence-electron chi connectivity index (χ2n) is 4.98. The molecule has 1 aromatic rings. The van der Waals surface area contributed by atoms with Crippen molar-refractivity contribution < 1.29 is 9.53 Å². The molecule has 1 amide bonds. The average molecular weight is 328 g/mol. The Hall–Kier alpha value is -1.17. The van der Waals surface area contributed by atoms with Gasteiger partial charge in [0.2, 0.25) is 5.91 Å². The zero-order chi connectivity index (χ0) is 13.8. The third-order valence-corrected chi connectivity index (χ3v) is 3.53. The van der Waals surface area contributed by atoms with Gasteiger partial charge < -0.3 is 9.64 Å². The van der Waals surface area contributed by atoms with Crippen LogP contribution < -0.4 is 4.74 Å². The van der Waals surface area contributed by atoms with Gasteiger partial charge in [0, 0.05) is 44.2 Å². The Morgan fingerprint density at radius 3 is 2.47 bits per heavy atom. The zero-order valence-corrected chi connectivity index (χ0v) is 12.8. The standard InChI is InChI=1S/C13H18BrN3O2/c1-9(2)12(18)17-5-3-11(4-6-17)19-13-15-7-10(14)8-16-13/h7-9,11H,3-6H2,1-2H3. The van der Waals surface area contributed by atoms with E-state index in [4.69, 9.17) is 4.74 Å². The maximum Gasteiger partial charge on any atom is 0.316 e. The first-order valence-corrected chi connectivity index (χ1v) is 7.28. The molecule has 0 radical (unpaired) electrons. The number of carbonyl (C=O) groups excluding carboxylic acids is 1. The molecule has 1 fully saturated rings. The van der Waals surface area contributed by atoms with Gasteiger partial charge in [-0.3, -0.25) is 4.79 Å². The number of ether oxygens (including phenoxy) is 1. The zero-order valence-electron chi connectivity index (χ0n) is 11.2. The van der Waals surface area contributed by atoms with E-state index in [2.05, 4.69) is 25.9 Å². The summed E-state index contributed by atoms with van der Waals surface area (Å²) in [5, 5.41) is 0. The van der Waals surface area contributed by atoms with E-state index in [9.17, 15) is 4.79 Å². The van der Waals surface area contributed by atoms with Gasteiger partial charge >= 0.3 is 6.01 Å². The maximum absolute atomic E-state index is 11.9. The highest BCUT2D eigenvalue weighted by atomic mass is 79.9. The van der Waals surface area contributed by atoms with E-state index in [-0.39, 0.29) is 17.9 Å². The second-order valence-corrected chi connectivity index (χ2v) is 5.90. The highest BCUT2D eigenvalue weighted by molar-refractivity contribution is 9.10. The van der Waals surface area contributed by atoms with Crippen LogP contribution in [0.2, 0.25) is 0 Å². The van der Waals surface area contributed by atoms with Crippen molar-refractivity contribution in [3.8, 4) is 6.01 Å². The van der Waals surface area contributed by atoms with Gasteiger partial charge in [-0.15, -0.1) is 0 Å². The molecule has 0 bridgehead atoms. The molecule has 104 valence electrons. The molecular formula is C13H18BrN3O2. The molecule has 0 aromatic carbocycles. The lowest BCUT2D eigenvalue weighted by Crippen LogP contribution is -2.43. The predicted octanol–water partition coefficient (Wildman–Crippen LogP) is 2.26. The van der Waals surface area contributed by atoms with Crippen LogP contribution in [0.3, 0.4) is 0 Å². The van der Waals surface area contributed by atoms with Crippen LogP contribution in [0.4, 0.5) is 0 Å². The quantitative estimate of drug-likeness (QED) is 0.854. The molecule has 1 aliphatic rings. The molecule has 0 atom stereocenters. The average Bonchev–Trinajstić information content (AvgIpc) is 2.41. The van der Waals surface area contributed by atoms with Crippen molar-refractivity contribution in [2.75, 3.05) is 13.1 Å². The number of piperidine rings is 1. The monoisotopic (exact) mass is 327 g/mol. The summed E-state index contributed by atoms with van der Waals surface area (Å²) in [5.41, 5.74) is 0. The summed E-state index contributed by atoms with van der Waals surface area (Å²) in [6.45, 7) is 5.36. The lowest BCUT2D eigenvalue weighted by Gasteiger charge is -2.32. The molecule has 0 N–H and O–H groups in total.